The normalized spacial score (nSPS) is 24.6. The summed E-state index contributed by atoms with van der Waals surface area (Å²) in [5, 5.41) is 5.20. The molecule has 0 radical (unpaired) electrons. The molecule has 3 atom stereocenters. The first-order valence-corrected chi connectivity index (χ1v) is 9.74. The van der Waals surface area contributed by atoms with Gasteiger partial charge in [-0.05, 0) is 43.5 Å². The van der Waals surface area contributed by atoms with Gasteiger partial charge in [-0.3, -0.25) is 4.98 Å². The monoisotopic (exact) mass is 310 g/mol. The second-order valence-electron chi connectivity index (χ2n) is 5.32. The van der Waals surface area contributed by atoms with Crippen LogP contribution in [-0.2, 0) is 0 Å². The molecule has 1 aromatic rings. The number of pyridine rings is 1. The molecule has 1 fully saturated rings. The molecule has 0 aliphatic carbocycles. The fraction of sp³-hybridized carbons (Fsp3) is 0.688. The van der Waals surface area contributed by atoms with Crippen molar-refractivity contribution >= 4 is 23.5 Å². The lowest BCUT2D eigenvalue weighted by molar-refractivity contribution is 0.495. The van der Waals surface area contributed by atoms with Crippen LogP contribution in [0.3, 0.4) is 0 Å². The van der Waals surface area contributed by atoms with Gasteiger partial charge in [-0.1, -0.05) is 13.8 Å². The van der Waals surface area contributed by atoms with Crippen molar-refractivity contribution in [2.45, 2.75) is 50.2 Å². The van der Waals surface area contributed by atoms with E-state index in [2.05, 4.69) is 66.9 Å². The van der Waals surface area contributed by atoms with Gasteiger partial charge in [-0.25, -0.2) is 0 Å². The molecule has 4 heteroatoms. The molecule has 0 saturated carbocycles. The molecule has 1 aromatic heterocycles. The topological polar surface area (TPSA) is 24.9 Å². The summed E-state index contributed by atoms with van der Waals surface area (Å²) >= 11 is 4.30. The maximum Gasteiger partial charge on any atom is 0.0469 e. The molecule has 1 aliphatic heterocycles. The molecule has 0 spiro atoms. The van der Waals surface area contributed by atoms with Crippen LogP contribution in [0.15, 0.2) is 18.5 Å². The first kappa shape index (κ1) is 16.2. The zero-order valence-electron chi connectivity index (χ0n) is 12.8. The van der Waals surface area contributed by atoms with Gasteiger partial charge in [0.05, 0.1) is 0 Å². The quantitative estimate of drug-likeness (QED) is 0.856. The highest BCUT2D eigenvalue weighted by atomic mass is 32.2. The smallest absolute Gasteiger partial charge is 0.0469 e. The maximum atomic E-state index is 4.36. The number of hydrogen-bond acceptors (Lipinski definition) is 4. The number of nitrogens with one attached hydrogen (secondary N) is 1. The Morgan fingerprint density at radius 3 is 2.85 bits per heavy atom. The largest absolute Gasteiger partial charge is 0.309 e. The summed E-state index contributed by atoms with van der Waals surface area (Å²) in [6.07, 6.45) is 6.40. The minimum absolute atomic E-state index is 0.436. The van der Waals surface area contributed by atoms with Crippen LogP contribution in [0.25, 0.3) is 0 Å². The summed E-state index contributed by atoms with van der Waals surface area (Å²) in [6, 6.07) is 2.57. The van der Waals surface area contributed by atoms with Gasteiger partial charge in [0.25, 0.3) is 0 Å². The highest BCUT2D eigenvalue weighted by molar-refractivity contribution is 8.07. The standard InChI is InChI=1S/C16H26N2S2/c1-4-7-18-15(13-11-17-8-6-12(13)3)16-14(5-2)19-9-10-20-16/h6,8,11,14-16,18H,4-5,7,9-10H2,1-3H3. The van der Waals surface area contributed by atoms with Crippen LogP contribution in [0, 0.1) is 6.92 Å². The maximum absolute atomic E-state index is 4.36. The molecule has 2 nitrogen and oxygen atoms in total. The van der Waals surface area contributed by atoms with E-state index in [-0.39, 0.29) is 0 Å². The summed E-state index contributed by atoms with van der Waals surface area (Å²) in [6.45, 7) is 7.85. The average Bonchev–Trinajstić information content (AvgIpc) is 2.49. The van der Waals surface area contributed by atoms with Gasteiger partial charge < -0.3 is 5.32 Å². The Bertz CT molecular complexity index is 411. The zero-order chi connectivity index (χ0) is 14.4. The van der Waals surface area contributed by atoms with Crippen molar-refractivity contribution in [1.29, 1.82) is 0 Å². The Balaban J connectivity index is 2.24. The van der Waals surface area contributed by atoms with Crippen LogP contribution in [0.2, 0.25) is 0 Å². The molecule has 20 heavy (non-hydrogen) atoms. The van der Waals surface area contributed by atoms with E-state index in [1.54, 1.807) is 0 Å². The van der Waals surface area contributed by atoms with Gasteiger partial charge in [0.1, 0.15) is 0 Å². The molecule has 0 bridgehead atoms. The lowest BCUT2D eigenvalue weighted by Crippen LogP contribution is -2.39. The second-order valence-corrected chi connectivity index (χ2v) is 7.95. The van der Waals surface area contributed by atoms with E-state index in [0.29, 0.717) is 11.3 Å². The molecule has 1 N–H and O–H groups in total. The van der Waals surface area contributed by atoms with E-state index in [1.165, 1.54) is 35.5 Å². The Morgan fingerprint density at radius 1 is 1.35 bits per heavy atom. The van der Waals surface area contributed by atoms with Crippen LogP contribution in [0.1, 0.15) is 43.9 Å². The Kier molecular flexibility index (Phi) is 6.72. The van der Waals surface area contributed by atoms with E-state index in [9.17, 15) is 0 Å². The van der Waals surface area contributed by atoms with E-state index in [1.807, 2.05) is 6.20 Å². The number of rotatable bonds is 6. The van der Waals surface area contributed by atoms with E-state index >= 15 is 0 Å². The summed E-state index contributed by atoms with van der Waals surface area (Å²) in [5.41, 5.74) is 2.75. The molecule has 0 aromatic carbocycles. The third-order valence-electron chi connectivity index (χ3n) is 3.85. The van der Waals surface area contributed by atoms with Gasteiger partial charge in [-0.2, -0.15) is 23.5 Å². The lowest BCUT2D eigenvalue weighted by atomic mass is 9.98. The molecular weight excluding hydrogens is 284 g/mol. The third-order valence-corrected chi connectivity index (χ3v) is 7.20. The predicted molar refractivity (Wildman–Crippen MR) is 92.8 cm³/mol. The molecule has 0 amide bonds. The summed E-state index contributed by atoms with van der Waals surface area (Å²) in [4.78, 5) is 4.36. The summed E-state index contributed by atoms with van der Waals surface area (Å²) in [5.74, 6) is 2.57. The van der Waals surface area contributed by atoms with Gasteiger partial charge in [0.15, 0.2) is 0 Å². The van der Waals surface area contributed by atoms with Crippen molar-refractivity contribution < 1.29 is 0 Å². The molecule has 2 heterocycles. The Hall–Kier alpha value is -0.190. The molecule has 1 aliphatic rings. The minimum Gasteiger partial charge on any atom is -0.309 e. The van der Waals surface area contributed by atoms with Crippen LogP contribution in [0.5, 0.6) is 0 Å². The van der Waals surface area contributed by atoms with Gasteiger partial charge in [-0.15, -0.1) is 0 Å². The van der Waals surface area contributed by atoms with Crippen LogP contribution in [-0.4, -0.2) is 33.5 Å². The summed E-state index contributed by atoms with van der Waals surface area (Å²) in [7, 11) is 0. The fourth-order valence-corrected chi connectivity index (χ4v) is 5.99. The van der Waals surface area contributed by atoms with Crippen LogP contribution in [0.4, 0.5) is 0 Å². The first-order chi connectivity index (χ1) is 9.77. The van der Waals surface area contributed by atoms with Crippen molar-refractivity contribution in [3.05, 3.63) is 29.6 Å². The van der Waals surface area contributed by atoms with Crippen LogP contribution < -0.4 is 5.32 Å². The molecule has 3 unspecified atom stereocenters. The van der Waals surface area contributed by atoms with Crippen molar-refractivity contribution in [2.24, 2.45) is 0 Å². The van der Waals surface area contributed by atoms with E-state index in [0.717, 1.165) is 11.8 Å². The fourth-order valence-electron chi connectivity index (χ4n) is 2.75. The molecule has 112 valence electrons. The lowest BCUT2D eigenvalue weighted by Gasteiger charge is -2.37. The third kappa shape index (κ3) is 3.92. The van der Waals surface area contributed by atoms with Crippen molar-refractivity contribution in [1.82, 2.24) is 10.3 Å². The SMILES string of the molecule is CCCNC(c1cnccc1C)C1SCCSC1CC. The number of thioether (sulfide) groups is 2. The number of aromatic nitrogens is 1. The Morgan fingerprint density at radius 2 is 2.15 bits per heavy atom. The van der Waals surface area contributed by atoms with Gasteiger partial charge in [0, 0.05) is 40.4 Å². The molecule has 2 rings (SSSR count). The predicted octanol–water partition coefficient (Wildman–Crippen LogP) is 4.06. The van der Waals surface area contributed by atoms with Crippen molar-refractivity contribution in [3.63, 3.8) is 0 Å². The van der Waals surface area contributed by atoms with Crippen molar-refractivity contribution in [2.75, 3.05) is 18.1 Å². The van der Waals surface area contributed by atoms with Gasteiger partial charge in [0.2, 0.25) is 0 Å². The highest BCUT2D eigenvalue weighted by Gasteiger charge is 2.33. The molecular formula is C16H26N2S2. The van der Waals surface area contributed by atoms with Gasteiger partial charge >= 0.3 is 0 Å². The average molecular weight is 311 g/mol. The molecule has 1 saturated heterocycles. The Labute approximate surface area is 131 Å². The number of hydrogen-bond donors (Lipinski definition) is 1. The van der Waals surface area contributed by atoms with Crippen molar-refractivity contribution in [3.8, 4) is 0 Å². The second kappa shape index (κ2) is 8.30. The zero-order valence-corrected chi connectivity index (χ0v) is 14.4. The van der Waals surface area contributed by atoms with E-state index < -0.39 is 0 Å². The minimum atomic E-state index is 0.436. The number of aryl methyl sites for hydroxylation is 1. The first-order valence-electron chi connectivity index (χ1n) is 7.65. The highest BCUT2D eigenvalue weighted by Crippen LogP contribution is 2.40. The van der Waals surface area contributed by atoms with Crippen LogP contribution >= 0.6 is 23.5 Å². The van der Waals surface area contributed by atoms with E-state index in [4.69, 9.17) is 0 Å². The summed E-state index contributed by atoms with van der Waals surface area (Å²) < 4.78 is 0. The number of nitrogens with zero attached hydrogens (tertiary/aromatic N) is 1.